The molecule has 2 aromatic rings. The van der Waals surface area contributed by atoms with Crippen LogP contribution < -0.4 is 0 Å². The number of nitrogens with zero attached hydrogens (tertiary/aromatic N) is 4. The topological polar surface area (TPSA) is 79.5 Å². The Hall–Kier alpha value is -1.29. The molecule has 1 aliphatic heterocycles. The predicted molar refractivity (Wildman–Crippen MR) is 116 cm³/mol. The smallest absolute Gasteiger partial charge is 0.245 e. The molecule has 160 valence electrons. The van der Waals surface area contributed by atoms with Crippen LogP contribution in [0.3, 0.4) is 0 Å². The van der Waals surface area contributed by atoms with Gasteiger partial charge in [-0.15, -0.1) is 0 Å². The van der Waals surface area contributed by atoms with E-state index in [0.29, 0.717) is 31.1 Å². The van der Waals surface area contributed by atoms with Gasteiger partial charge in [0.15, 0.2) is 5.82 Å². The number of sulfonamides is 1. The van der Waals surface area contributed by atoms with E-state index in [0.717, 1.165) is 42.5 Å². The van der Waals surface area contributed by atoms with Gasteiger partial charge in [-0.3, -0.25) is 0 Å². The predicted octanol–water partition coefficient (Wildman–Crippen LogP) is 3.62. The normalized spacial score (nSPS) is 18.0. The Morgan fingerprint density at radius 1 is 1.24 bits per heavy atom. The quantitative estimate of drug-likeness (QED) is 0.512. The minimum Gasteiger partial charge on any atom is -0.338 e. The molecule has 1 atom stereocenters. The van der Waals surface area contributed by atoms with Crippen LogP contribution in [-0.2, 0) is 16.4 Å². The highest BCUT2D eigenvalue weighted by Gasteiger charge is 2.38. The summed E-state index contributed by atoms with van der Waals surface area (Å²) in [5, 5.41) is 4.08. The van der Waals surface area contributed by atoms with Crippen LogP contribution in [0, 0.1) is 0 Å². The molecule has 0 amide bonds. The minimum atomic E-state index is -3.35. The van der Waals surface area contributed by atoms with E-state index in [4.69, 9.17) is 4.52 Å². The fourth-order valence-electron chi connectivity index (χ4n) is 3.71. The van der Waals surface area contributed by atoms with Gasteiger partial charge in [0.2, 0.25) is 15.9 Å². The molecular formula is C20H29BrN4O3S. The molecule has 0 aliphatic carbocycles. The van der Waals surface area contributed by atoms with Crippen LogP contribution in [0.1, 0.15) is 56.4 Å². The molecule has 2 heterocycles. The van der Waals surface area contributed by atoms with Crippen molar-refractivity contribution < 1.29 is 12.9 Å². The van der Waals surface area contributed by atoms with E-state index in [1.165, 1.54) is 0 Å². The van der Waals surface area contributed by atoms with Crippen LogP contribution >= 0.6 is 15.9 Å². The van der Waals surface area contributed by atoms with Crippen molar-refractivity contribution in [1.82, 2.24) is 19.3 Å². The zero-order chi connectivity index (χ0) is 20.9. The molecule has 0 spiro atoms. The maximum atomic E-state index is 12.9. The average Bonchev–Trinajstić information content (AvgIpc) is 3.36. The van der Waals surface area contributed by atoms with Crippen molar-refractivity contribution in [1.29, 1.82) is 0 Å². The lowest BCUT2D eigenvalue weighted by molar-refractivity contribution is 0.286. The largest absolute Gasteiger partial charge is 0.338 e. The van der Waals surface area contributed by atoms with Gasteiger partial charge in [0.05, 0.1) is 5.75 Å². The molecule has 1 saturated heterocycles. The van der Waals surface area contributed by atoms with Gasteiger partial charge in [-0.25, -0.2) is 8.42 Å². The van der Waals surface area contributed by atoms with Gasteiger partial charge in [0.25, 0.3) is 0 Å². The first kappa shape index (κ1) is 22.4. The van der Waals surface area contributed by atoms with E-state index in [2.05, 4.69) is 44.8 Å². The molecule has 0 unspecified atom stereocenters. The van der Waals surface area contributed by atoms with Crippen molar-refractivity contribution in [3.8, 4) is 0 Å². The van der Waals surface area contributed by atoms with Crippen LogP contribution in [0.2, 0.25) is 0 Å². The van der Waals surface area contributed by atoms with E-state index >= 15 is 0 Å². The number of halogens is 1. The van der Waals surface area contributed by atoms with Gasteiger partial charge in [-0.1, -0.05) is 47.1 Å². The second-order valence-corrected chi connectivity index (χ2v) is 10.3. The van der Waals surface area contributed by atoms with Crippen molar-refractivity contribution in [2.75, 3.05) is 31.9 Å². The summed E-state index contributed by atoms with van der Waals surface area (Å²) >= 11 is 3.42. The molecule has 0 saturated carbocycles. The van der Waals surface area contributed by atoms with Crippen molar-refractivity contribution >= 4 is 26.0 Å². The third-order valence-corrected chi connectivity index (χ3v) is 7.86. The first-order valence-corrected chi connectivity index (χ1v) is 12.6. The van der Waals surface area contributed by atoms with Crippen molar-refractivity contribution in [2.45, 2.75) is 45.6 Å². The van der Waals surface area contributed by atoms with Crippen LogP contribution in [0.4, 0.5) is 0 Å². The highest BCUT2D eigenvalue weighted by Crippen LogP contribution is 2.33. The molecular weight excluding hydrogens is 456 g/mol. The third kappa shape index (κ3) is 5.87. The molecule has 29 heavy (non-hydrogen) atoms. The molecule has 1 fully saturated rings. The minimum absolute atomic E-state index is 0.153. The lowest BCUT2D eigenvalue weighted by Crippen LogP contribution is -2.34. The summed E-state index contributed by atoms with van der Waals surface area (Å²) in [6.45, 7) is 7.37. The summed E-state index contributed by atoms with van der Waals surface area (Å²) in [5.41, 5.74) is 1.08. The Balaban J connectivity index is 1.64. The van der Waals surface area contributed by atoms with Crippen LogP contribution in [0.15, 0.2) is 33.3 Å². The maximum absolute atomic E-state index is 12.9. The Morgan fingerprint density at radius 3 is 2.66 bits per heavy atom. The van der Waals surface area contributed by atoms with Crippen LogP contribution in [0.25, 0.3) is 0 Å². The summed E-state index contributed by atoms with van der Waals surface area (Å²) < 4.78 is 33.9. The van der Waals surface area contributed by atoms with Crippen LogP contribution in [0.5, 0.6) is 0 Å². The molecule has 0 N–H and O–H groups in total. The Bertz CT molecular complexity index is 881. The SMILES string of the molecule is CCN(CC)CCCS(=O)(=O)N1CCC[C@H]1c1nc(Cc2ccc(Br)cc2)no1. The molecule has 9 heteroatoms. The summed E-state index contributed by atoms with van der Waals surface area (Å²) in [6, 6.07) is 7.60. The van der Waals surface area contributed by atoms with Crippen molar-refractivity contribution in [3.05, 3.63) is 46.0 Å². The Labute approximate surface area is 181 Å². The summed E-state index contributed by atoms with van der Waals surface area (Å²) in [5.74, 6) is 1.13. The van der Waals surface area contributed by atoms with Crippen LogP contribution in [-0.4, -0.2) is 59.7 Å². The van der Waals surface area contributed by atoms with E-state index < -0.39 is 10.0 Å². The zero-order valence-electron chi connectivity index (χ0n) is 17.1. The third-order valence-electron chi connectivity index (χ3n) is 5.38. The molecule has 0 bridgehead atoms. The van der Waals surface area contributed by atoms with E-state index in [-0.39, 0.29) is 11.8 Å². The Kier molecular flexibility index (Phi) is 7.84. The van der Waals surface area contributed by atoms with Gasteiger partial charge in [0.1, 0.15) is 6.04 Å². The number of aromatic nitrogens is 2. The van der Waals surface area contributed by atoms with E-state index in [1.807, 2.05) is 24.3 Å². The van der Waals surface area contributed by atoms with Crippen molar-refractivity contribution in [2.24, 2.45) is 0 Å². The monoisotopic (exact) mass is 484 g/mol. The fraction of sp³-hybridized carbons (Fsp3) is 0.600. The van der Waals surface area contributed by atoms with Gasteiger partial charge in [0, 0.05) is 17.4 Å². The summed E-state index contributed by atoms with van der Waals surface area (Å²) in [7, 11) is -3.35. The first-order chi connectivity index (χ1) is 13.9. The maximum Gasteiger partial charge on any atom is 0.245 e. The molecule has 7 nitrogen and oxygen atoms in total. The summed E-state index contributed by atoms with van der Waals surface area (Å²) in [6.07, 6.45) is 2.71. The van der Waals surface area contributed by atoms with Gasteiger partial charge in [-0.05, 0) is 56.6 Å². The number of hydrogen-bond donors (Lipinski definition) is 0. The molecule has 0 radical (unpaired) electrons. The van der Waals surface area contributed by atoms with Gasteiger partial charge < -0.3 is 9.42 Å². The van der Waals surface area contributed by atoms with Crippen molar-refractivity contribution in [3.63, 3.8) is 0 Å². The van der Waals surface area contributed by atoms with E-state index in [9.17, 15) is 8.42 Å². The molecule has 3 rings (SSSR count). The lowest BCUT2D eigenvalue weighted by Gasteiger charge is -2.22. The fourth-order valence-corrected chi connectivity index (χ4v) is 5.69. The standard InChI is InChI=1S/C20H29BrN4O3S/c1-3-24(4-2)12-6-14-29(26,27)25-13-5-7-18(25)20-22-19(23-28-20)15-16-8-10-17(21)11-9-16/h8-11,18H,3-7,12-15H2,1-2H3/t18-/m0/s1. The molecule has 1 aromatic heterocycles. The second-order valence-electron chi connectivity index (χ2n) is 7.32. The van der Waals surface area contributed by atoms with E-state index in [1.54, 1.807) is 4.31 Å². The highest BCUT2D eigenvalue weighted by molar-refractivity contribution is 9.10. The molecule has 1 aliphatic rings. The van der Waals surface area contributed by atoms with Gasteiger partial charge >= 0.3 is 0 Å². The number of hydrogen-bond acceptors (Lipinski definition) is 6. The van der Waals surface area contributed by atoms with Gasteiger partial charge in [-0.2, -0.15) is 9.29 Å². The average molecular weight is 485 g/mol. The highest BCUT2D eigenvalue weighted by atomic mass is 79.9. The zero-order valence-corrected chi connectivity index (χ0v) is 19.5. The second kappa shape index (κ2) is 10.1. The first-order valence-electron chi connectivity index (χ1n) is 10.2. The number of benzene rings is 1. The number of rotatable bonds is 10. The Morgan fingerprint density at radius 2 is 1.97 bits per heavy atom. The lowest BCUT2D eigenvalue weighted by atomic mass is 10.1. The summed E-state index contributed by atoms with van der Waals surface area (Å²) in [4.78, 5) is 6.74. The molecule has 1 aromatic carbocycles.